The maximum atomic E-state index is 12.3. The van der Waals surface area contributed by atoms with Crippen LogP contribution in [0.2, 0.25) is 0 Å². The first kappa shape index (κ1) is 13.8. The van der Waals surface area contributed by atoms with Crippen molar-refractivity contribution in [3.63, 3.8) is 0 Å². The molecule has 2 heterocycles. The van der Waals surface area contributed by atoms with E-state index in [1.54, 1.807) is 0 Å². The number of rotatable bonds is 3. The molecule has 5 nitrogen and oxygen atoms in total. The molecular weight excluding hydrogens is 228 g/mol. The van der Waals surface area contributed by atoms with Crippen LogP contribution in [0.15, 0.2) is 0 Å². The Morgan fingerprint density at radius 3 is 2.50 bits per heavy atom. The summed E-state index contributed by atoms with van der Waals surface area (Å²) in [6.07, 6.45) is 0. The van der Waals surface area contributed by atoms with Gasteiger partial charge in [0.15, 0.2) is 0 Å². The highest BCUT2D eigenvalue weighted by Gasteiger charge is 2.28. The molecule has 2 saturated heterocycles. The van der Waals surface area contributed by atoms with Crippen LogP contribution in [0, 0.1) is 5.92 Å². The van der Waals surface area contributed by atoms with Crippen LogP contribution in [-0.4, -0.2) is 74.1 Å². The third-order valence-corrected chi connectivity index (χ3v) is 3.65. The molecule has 2 fully saturated rings. The van der Waals surface area contributed by atoms with E-state index in [9.17, 15) is 4.79 Å². The molecule has 0 spiro atoms. The number of carbonyl (C=O) groups excluding carboxylic acids is 1. The van der Waals surface area contributed by atoms with Gasteiger partial charge in [-0.05, 0) is 5.92 Å². The van der Waals surface area contributed by atoms with Gasteiger partial charge < -0.3 is 15.5 Å². The second-order valence-corrected chi connectivity index (χ2v) is 5.73. The van der Waals surface area contributed by atoms with Crippen molar-refractivity contribution in [3.05, 3.63) is 0 Å². The Labute approximate surface area is 110 Å². The van der Waals surface area contributed by atoms with Crippen LogP contribution in [-0.2, 0) is 4.79 Å². The second-order valence-electron chi connectivity index (χ2n) is 5.73. The lowest BCUT2D eigenvalue weighted by Gasteiger charge is -2.38. The molecule has 0 aliphatic carbocycles. The molecule has 2 aliphatic heterocycles. The van der Waals surface area contributed by atoms with Crippen LogP contribution >= 0.6 is 0 Å². The standard InChI is InChI=1S/C13H26N4O/c1-11(2)10-16-5-7-17(8-6-16)13(18)12-9-14-3-4-15-12/h11-12,14-15H,3-10H2,1-2H3. The molecular formula is C13H26N4O. The Kier molecular flexibility index (Phi) is 4.97. The van der Waals surface area contributed by atoms with Crippen LogP contribution in [0.3, 0.4) is 0 Å². The van der Waals surface area contributed by atoms with Gasteiger partial charge in [-0.25, -0.2) is 0 Å². The van der Waals surface area contributed by atoms with E-state index in [4.69, 9.17) is 0 Å². The lowest BCUT2D eigenvalue weighted by Crippen LogP contribution is -2.59. The predicted octanol–water partition coefficient (Wildman–Crippen LogP) is -0.652. The first-order valence-corrected chi connectivity index (χ1v) is 7.12. The van der Waals surface area contributed by atoms with Crippen molar-refractivity contribution in [2.45, 2.75) is 19.9 Å². The average molecular weight is 254 g/mol. The van der Waals surface area contributed by atoms with Crippen molar-refractivity contribution in [1.29, 1.82) is 0 Å². The van der Waals surface area contributed by atoms with Crippen molar-refractivity contribution in [1.82, 2.24) is 20.4 Å². The summed E-state index contributed by atoms with van der Waals surface area (Å²) in [4.78, 5) is 16.8. The lowest BCUT2D eigenvalue weighted by atomic mass is 10.1. The molecule has 0 aromatic rings. The molecule has 2 rings (SSSR count). The van der Waals surface area contributed by atoms with Gasteiger partial charge in [-0.2, -0.15) is 0 Å². The molecule has 104 valence electrons. The van der Waals surface area contributed by atoms with E-state index in [1.807, 2.05) is 4.90 Å². The van der Waals surface area contributed by atoms with E-state index in [1.165, 1.54) is 0 Å². The number of nitrogens with zero attached hydrogens (tertiary/aromatic N) is 2. The first-order valence-electron chi connectivity index (χ1n) is 7.12. The zero-order valence-electron chi connectivity index (χ0n) is 11.6. The molecule has 0 aromatic carbocycles. The number of nitrogens with one attached hydrogen (secondary N) is 2. The number of carbonyl (C=O) groups is 1. The van der Waals surface area contributed by atoms with E-state index in [0.717, 1.165) is 52.4 Å². The van der Waals surface area contributed by atoms with Crippen LogP contribution in [0.5, 0.6) is 0 Å². The average Bonchev–Trinajstić information content (AvgIpc) is 2.39. The highest BCUT2D eigenvalue weighted by atomic mass is 16.2. The fourth-order valence-corrected chi connectivity index (χ4v) is 2.72. The number of amides is 1. The third kappa shape index (κ3) is 3.67. The summed E-state index contributed by atoms with van der Waals surface area (Å²) in [5.41, 5.74) is 0. The molecule has 2 aliphatic rings. The van der Waals surface area contributed by atoms with Gasteiger partial charge in [0.05, 0.1) is 6.04 Å². The summed E-state index contributed by atoms with van der Waals surface area (Å²) in [5.74, 6) is 0.975. The van der Waals surface area contributed by atoms with Gasteiger partial charge in [0, 0.05) is 52.4 Å². The zero-order chi connectivity index (χ0) is 13.0. The van der Waals surface area contributed by atoms with Gasteiger partial charge >= 0.3 is 0 Å². The monoisotopic (exact) mass is 254 g/mol. The van der Waals surface area contributed by atoms with Crippen molar-refractivity contribution in [2.75, 3.05) is 52.4 Å². The van der Waals surface area contributed by atoms with E-state index in [0.29, 0.717) is 5.92 Å². The lowest BCUT2D eigenvalue weighted by molar-refractivity contribution is -0.135. The summed E-state index contributed by atoms with van der Waals surface area (Å²) in [7, 11) is 0. The fraction of sp³-hybridized carbons (Fsp3) is 0.923. The third-order valence-electron chi connectivity index (χ3n) is 3.65. The number of hydrogen-bond donors (Lipinski definition) is 2. The van der Waals surface area contributed by atoms with Crippen molar-refractivity contribution >= 4 is 5.91 Å². The van der Waals surface area contributed by atoms with Crippen molar-refractivity contribution < 1.29 is 4.79 Å². The van der Waals surface area contributed by atoms with Crippen molar-refractivity contribution in [3.8, 4) is 0 Å². The Morgan fingerprint density at radius 2 is 1.94 bits per heavy atom. The Balaban J connectivity index is 1.76. The molecule has 0 bridgehead atoms. The smallest absolute Gasteiger partial charge is 0.241 e. The summed E-state index contributed by atoms with van der Waals surface area (Å²) in [5, 5.41) is 6.56. The molecule has 1 amide bonds. The minimum Gasteiger partial charge on any atom is -0.339 e. The summed E-state index contributed by atoms with van der Waals surface area (Å²) < 4.78 is 0. The van der Waals surface area contributed by atoms with Gasteiger partial charge in [0.25, 0.3) is 0 Å². The molecule has 1 unspecified atom stereocenters. The highest BCUT2D eigenvalue weighted by molar-refractivity contribution is 5.82. The minimum absolute atomic E-state index is 0.0181. The van der Waals surface area contributed by atoms with E-state index in [-0.39, 0.29) is 11.9 Å². The van der Waals surface area contributed by atoms with Gasteiger partial charge in [-0.15, -0.1) is 0 Å². The van der Waals surface area contributed by atoms with Crippen molar-refractivity contribution in [2.24, 2.45) is 5.92 Å². The van der Waals surface area contributed by atoms with Gasteiger partial charge in [0.2, 0.25) is 5.91 Å². The maximum Gasteiger partial charge on any atom is 0.241 e. The Hall–Kier alpha value is -0.650. The normalized spacial score (nSPS) is 26.6. The molecule has 0 saturated carbocycles. The number of hydrogen-bond acceptors (Lipinski definition) is 4. The van der Waals surface area contributed by atoms with E-state index >= 15 is 0 Å². The molecule has 0 aromatic heterocycles. The topological polar surface area (TPSA) is 47.6 Å². The summed E-state index contributed by atoms with van der Waals surface area (Å²) >= 11 is 0. The van der Waals surface area contributed by atoms with Gasteiger partial charge in [0.1, 0.15) is 0 Å². The zero-order valence-corrected chi connectivity index (χ0v) is 11.6. The summed E-state index contributed by atoms with van der Waals surface area (Å²) in [6.45, 7) is 12.1. The van der Waals surface area contributed by atoms with Crippen LogP contribution in [0.25, 0.3) is 0 Å². The quantitative estimate of drug-likeness (QED) is 0.702. The molecule has 5 heteroatoms. The highest BCUT2D eigenvalue weighted by Crippen LogP contribution is 2.07. The Bertz CT molecular complexity index is 268. The predicted molar refractivity (Wildman–Crippen MR) is 72.5 cm³/mol. The fourth-order valence-electron chi connectivity index (χ4n) is 2.72. The largest absolute Gasteiger partial charge is 0.339 e. The first-order chi connectivity index (χ1) is 8.66. The van der Waals surface area contributed by atoms with Gasteiger partial charge in [-0.1, -0.05) is 13.8 Å². The SMILES string of the molecule is CC(C)CN1CCN(C(=O)C2CNCCN2)CC1. The second kappa shape index (κ2) is 6.50. The van der Waals surface area contributed by atoms with E-state index < -0.39 is 0 Å². The summed E-state index contributed by atoms with van der Waals surface area (Å²) in [6, 6.07) is -0.0181. The maximum absolute atomic E-state index is 12.3. The molecule has 0 radical (unpaired) electrons. The molecule has 18 heavy (non-hydrogen) atoms. The molecule has 2 N–H and O–H groups in total. The molecule has 1 atom stereocenters. The number of piperazine rings is 2. The Morgan fingerprint density at radius 1 is 1.22 bits per heavy atom. The van der Waals surface area contributed by atoms with E-state index in [2.05, 4.69) is 29.4 Å². The minimum atomic E-state index is -0.0181. The van der Waals surface area contributed by atoms with Crippen LogP contribution < -0.4 is 10.6 Å². The van der Waals surface area contributed by atoms with Crippen LogP contribution in [0.1, 0.15) is 13.8 Å². The van der Waals surface area contributed by atoms with Crippen LogP contribution in [0.4, 0.5) is 0 Å². The van der Waals surface area contributed by atoms with Gasteiger partial charge in [-0.3, -0.25) is 9.69 Å².